The highest BCUT2D eigenvalue weighted by atomic mass is 32.2. The van der Waals surface area contributed by atoms with E-state index in [1.165, 1.54) is 0 Å². The summed E-state index contributed by atoms with van der Waals surface area (Å²) < 4.78 is 22.1. The summed E-state index contributed by atoms with van der Waals surface area (Å²) in [6, 6.07) is 0. The van der Waals surface area contributed by atoms with Crippen LogP contribution in [0.25, 0.3) is 0 Å². The third-order valence-electron chi connectivity index (χ3n) is 2.50. The summed E-state index contributed by atoms with van der Waals surface area (Å²) in [4.78, 5) is 2.79. The fourth-order valence-electron chi connectivity index (χ4n) is 1.06. The van der Waals surface area contributed by atoms with Crippen LogP contribution >= 0.6 is 0 Å². The van der Waals surface area contributed by atoms with Gasteiger partial charge in [-0.15, -0.1) is 0 Å². The van der Waals surface area contributed by atoms with Crippen LogP contribution in [0.4, 0.5) is 0 Å². The Morgan fingerprint density at radius 3 is 2.39 bits per heavy atom. The number of hydrogen-bond acceptors (Lipinski definition) is 4. The van der Waals surface area contributed by atoms with Gasteiger partial charge in [-0.3, -0.25) is 4.21 Å². The first-order valence-electron chi connectivity index (χ1n) is 5.72. The van der Waals surface area contributed by atoms with Gasteiger partial charge < -0.3 is 14.4 Å². The van der Waals surface area contributed by atoms with E-state index in [1.54, 1.807) is 19.6 Å². The number of methoxy groups -OCH3 is 1. The number of ether oxygens (including phenoxy) is 2. The number of nitrogens with zero attached hydrogens (tertiary/aromatic N) is 1. The van der Waals surface area contributed by atoms with Crippen molar-refractivity contribution in [1.29, 1.82) is 0 Å². The Morgan fingerprint density at radius 1 is 1.33 bits per heavy atom. The summed E-state index contributed by atoms with van der Waals surface area (Å²) in [5, 5.41) is 0. The Labute approximate surface area is 111 Å². The summed E-state index contributed by atoms with van der Waals surface area (Å²) in [6.45, 7) is 7.36. The lowest BCUT2D eigenvalue weighted by atomic mass is 10.4. The monoisotopic (exact) mass is 275 g/mol. The molecule has 0 aromatic heterocycles. The first-order valence-corrected chi connectivity index (χ1v) is 8.10. The average molecular weight is 275 g/mol. The van der Waals surface area contributed by atoms with Crippen molar-refractivity contribution in [2.24, 2.45) is 0 Å². The van der Waals surface area contributed by atoms with Gasteiger partial charge in [0.15, 0.2) is 5.88 Å². The normalized spacial score (nSPS) is 11.6. The van der Waals surface area contributed by atoms with E-state index in [-0.39, 0.29) is 0 Å². The van der Waals surface area contributed by atoms with Crippen molar-refractivity contribution in [3.8, 4) is 0 Å². The summed E-state index contributed by atoms with van der Waals surface area (Å²) in [5.74, 6) is 0.570. The highest BCUT2D eigenvalue weighted by Gasteiger charge is 2.06. The molecular weight excluding hydrogens is 250 g/mol. The highest BCUT2D eigenvalue weighted by molar-refractivity contribution is 8.01. The molecule has 0 heterocycles. The van der Waals surface area contributed by atoms with Crippen molar-refractivity contribution in [1.82, 2.24) is 4.90 Å². The minimum atomic E-state index is -1.87. The van der Waals surface area contributed by atoms with Gasteiger partial charge in [0.25, 0.3) is 0 Å². The predicted molar refractivity (Wildman–Crippen MR) is 79.4 cm³/mol. The second-order valence-electron chi connectivity index (χ2n) is 4.42. The van der Waals surface area contributed by atoms with Crippen LogP contribution in [0.1, 0.15) is 6.92 Å². The van der Waals surface area contributed by atoms with Gasteiger partial charge in [0.1, 0.15) is 6.61 Å². The van der Waals surface area contributed by atoms with E-state index in [0.29, 0.717) is 25.6 Å². The molecule has 0 aliphatic heterocycles. The molecule has 0 radical (unpaired) electrons. The van der Waals surface area contributed by atoms with Gasteiger partial charge in [0.2, 0.25) is 0 Å². The van der Waals surface area contributed by atoms with E-state index in [9.17, 15) is 4.21 Å². The van der Waals surface area contributed by atoms with Crippen molar-refractivity contribution in [3.05, 3.63) is 24.6 Å². The maximum atomic E-state index is 11.8. The molecule has 4 nitrogen and oxygen atoms in total. The highest BCUT2D eigenvalue weighted by Crippen LogP contribution is 2.02. The van der Waals surface area contributed by atoms with Crippen LogP contribution in [0, 0.1) is 0 Å². The molecule has 0 N–H and O–H groups in total. The molecule has 0 spiro atoms. The van der Waals surface area contributed by atoms with Crippen LogP contribution < -0.4 is 0 Å². The van der Waals surface area contributed by atoms with E-state index in [1.807, 2.05) is 31.0 Å². The fraction of sp³-hybridized carbons (Fsp3) is 0.615. The standard InChI is InChI=1S/C13H25NO3S/c1-12(18(5,6)15)11-14(3)13(2)17-10-8-7-9-16-4/h7-8H,2,9-11H2,1,3-6H3. The summed E-state index contributed by atoms with van der Waals surface area (Å²) in [6.07, 6.45) is 7.25. The van der Waals surface area contributed by atoms with Crippen molar-refractivity contribution in [3.63, 3.8) is 0 Å². The molecule has 0 saturated heterocycles. The molecule has 0 rings (SSSR count). The molecule has 0 fully saturated rings. The molecule has 0 unspecified atom stereocenters. The topological polar surface area (TPSA) is 38.8 Å². The number of rotatable bonds is 8. The Hall–Kier alpha value is -0.940. The molecule has 0 aromatic carbocycles. The predicted octanol–water partition coefficient (Wildman–Crippen LogP) is 1.34. The summed E-state index contributed by atoms with van der Waals surface area (Å²) in [7, 11) is 1.65. The Bertz CT molecular complexity index is 398. The molecule has 0 amide bonds. The molecule has 0 aliphatic rings. The van der Waals surface area contributed by atoms with E-state index < -0.39 is 9.52 Å². The smallest absolute Gasteiger partial charge is 0.182 e. The number of hydrogen-bond donors (Lipinski definition) is 0. The van der Waals surface area contributed by atoms with Crippen molar-refractivity contribution >= 4 is 14.4 Å². The molecule has 18 heavy (non-hydrogen) atoms. The maximum Gasteiger partial charge on any atom is 0.182 e. The van der Waals surface area contributed by atoms with E-state index in [4.69, 9.17) is 9.47 Å². The third kappa shape index (κ3) is 7.40. The Morgan fingerprint density at radius 2 is 1.89 bits per heavy atom. The Kier molecular flexibility index (Phi) is 7.78. The zero-order valence-electron chi connectivity index (χ0n) is 12.1. The third-order valence-corrected chi connectivity index (χ3v) is 4.31. The van der Waals surface area contributed by atoms with E-state index in [0.717, 1.165) is 4.86 Å². The van der Waals surface area contributed by atoms with Crippen LogP contribution in [0.5, 0.6) is 0 Å². The van der Waals surface area contributed by atoms with Gasteiger partial charge in [-0.1, -0.05) is 6.08 Å². The van der Waals surface area contributed by atoms with Gasteiger partial charge in [0, 0.05) is 33.2 Å². The minimum absolute atomic E-state index is 0.458. The van der Waals surface area contributed by atoms with E-state index in [2.05, 4.69) is 6.58 Å². The zero-order valence-corrected chi connectivity index (χ0v) is 12.9. The molecule has 0 aromatic rings. The van der Waals surface area contributed by atoms with Crippen LogP contribution in [0.3, 0.4) is 0 Å². The first kappa shape index (κ1) is 17.1. The molecule has 0 atom stereocenters. The largest absolute Gasteiger partial charge is 0.475 e. The molecule has 106 valence electrons. The van der Waals surface area contributed by atoms with Crippen LogP contribution in [0.15, 0.2) is 24.6 Å². The lowest BCUT2D eigenvalue weighted by Crippen LogP contribution is -2.28. The second-order valence-corrected chi connectivity index (χ2v) is 7.59. The maximum absolute atomic E-state index is 11.8. The SMILES string of the molecule is C=C(OCC=CCOC)N(C)CC(C)=S(C)(C)=O. The van der Waals surface area contributed by atoms with Gasteiger partial charge in [-0.05, 0) is 34.0 Å². The summed E-state index contributed by atoms with van der Waals surface area (Å²) in [5.41, 5.74) is 0. The average Bonchev–Trinajstić information content (AvgIpc) is 2.27. The van der Waals surface area contributed by atoms with Crippen molar-refractivity contribution in [2.45, 2.75) is 6.92 Å². The Balaban J connectivity index is 4.17. The minimum Gasteiger partial charge on any atom is -0.475 e. The van der Waals surface area contributed by atoms with Gasteiger partial charge in [-0.25, -0.2) is 0 Å². The van der Waals surface area contributed by atoms with Crippen molar-refractivity contribution < 1.29 is 13.7 Å². The lowest BCUT2D eigenvalue weighted by Gasteiger charge is -2.22. The van der Waals surface area contributed by atoms with Crippen molar-refractivity contribution in [2.75, 3.05) is 46.4 Å². The van der Waals surface area contributed by atoms with E-state index >= 15 is 0 Å². The first-order chi connectivity index (χ1) is 8.29. The molecule has 5 heteroatoms. The molecule has 0 bridgehead atoms. The van der Waals surface area contributed by atoms with Gasteiger partial charge >= 0.3 is 0 Å². The molecule has 0 aliphatic carbocycles. The molecule has 0 saturated carbocycles. The van der Waals surface area contributed by atoms with Crippen LogP contribution in [0.2, 0.25) is 0 Å². The van der Waals surface area contributed by atoms with Crippen LogP contribution in [-0.4, -0.2) is 60.4 Å². The second kappa shape index (κ2) is 8.21. The quantitative estimate of drug-likeness (QED) is 0.381. The van der Waals surface area contributed by atoms with Gasteiger partial charge in [0.05, 0.1) is 6.61 Å². The summed E-state index contributed by atoms with van der Waals surface area (Å²) >= 11 is 0. The fourth-order valence-corrected chi connectivity index (χ4v) is 1.57. The van der Waals surface area contributed by atoms with Crippen LogP contribution in [-0.2, 0) is 19.0 Å². The van der Waals surface area contributed by atoms with Gasteiger partial charge in [-0.2, -0.15) is 0 Å². The zero-order chi connectivity index (χ0) is 14.2. The lowest BCUT2D eigenvalue weighted by molar-refractivity contribution is 0.160. The molecular formula is C13H25NO3S.